The van der Waals surface area contributed by atoms with Crippen molar-refractivity contribution in [3.05, 3.63) is 75.8 Å². The summed E-state index contributed by atoms with van der Waals surface area (Å²) >= 11 is 0. The summed E-state index contributed by atoms with van der Waals surface area (Å²) in [6, 6.07) is 7.86. The average molecular weight is 512 g/mol. The highest BCUT2D eigenvalue weighted by molar-refractivity contribution is 5.95. The van der Waals surface area contributed by atoms with Gasteiger partial charge in [0.25, 0.3) is 0 Å². The molecule has 2 aromatic carbocycles. The number of nitrogens with zero attached hydrogens (tertiary/aromatic N) is 3. The predicted octanol–water partition coefficient (Wildman–Crippen LogP) is 1.98. The smallest absolute Gasteiger partial charge is 0.493 e. The molecule has 192 valence electrons. The van der Waals surface area contributed by atoms with Crippen molar-refractivity contribution in [3.8, 4) is 23.1 Å². The lowest BCUT2D eigenvalue weighted by Gasteiger charge is -2.20. The molecule has 0 fully saturated rings. The molecule has 7 N–H and O–H groups in total. The fourth-order valence-electron chi connectivity index (χ4n) is 3.51. The highest BCUT2D eigenvalue weighted by atomic mass is 19.1. The Bertz CT molecular complexity index is 1510. The van der Waals surface area contributed by atoms with E-state index in [9.17, 15) is 9.59 Å². The van der Waals surface area contributed by atoms with Crippen molar-refractivity contribution in [1.82, 2.24) is 25.0 Å². The number of hydrogen-bond donors (Lipinski definition) is 6. The zero-order chi connectivity index (χ0) is 26.7. The minimum atomic E-state index is -1.62. The van der Waals surface area contributed by atoms with Crippen LogP contribution in [0.4, 0.5) is 14.9 Å². The molecule has 14 nitrogen and oxygen atoms in total. The van der Waals surface area contributed by atoms with Gasteiger partial charge in [-0.05, 0) is 30.3 Å². The van der Waals surface area contributed by atoms with Gasteiger partial charge in [0.1, 0.15) is 17.7 Å². The summed E-state index contributed by atoms with van der Waals surface area (Å²) in [6.45, 7) is 0. The summed E-state index contributed by atoms with van der Waals surface area (Å²) in [5.74, 6) is -0.909. The van der Waals surface area contributed by atoms with E-state index < -0.39 is 23.7 Å². The number of benzene rings is 2. The minimum absolute atomic E-state index is 0.0392. The van der Waals surface area contributed by atoms with Gasteiger partial charge in [-0.1, -0.05) is 0 Å². The van der Waals surface area contributed by atoms with Crippen LogP contribution in [0, 0.1) is 11.2 Å². The number of H-pyrrole nitrogens is 2. The van der Waals surface area contributed by atoms with Gasteiger partial charge in [-0.3, -0.25) is 15.5 Å². The Balaban J connectivity index is 1.83. The second-order valence-electron chi connectivity index (χ2n) is 7.48. The predicted molar refractivity (Wildman–Crippen MR) is 127 cm³/mol. The Morgan fingerprint density at radius 2 is 1.86 bits per heavy atom. The van der Waals surface area contributed by atoms with Gasteiger partial charge >= 0.3 is 11.8 Å². The molecule has 37 heavy (non-hydrogen) atoms. The molecule has 0 aliphatic rings. The van der Waals surface area contributed by atoms with Crippen molar-refractivity contribution in [1.29, 1.82) is 5.41 Å². The quantitative estimate of drug-likeness (QED) is 0.109. The molecule has 2 heterocycles. The van der Waals surface area contributed by atoms with E-state index in [0.29, 0.717) is 11.3 Å². The molecule has 0 aliphatic heterocycles. The number of aromatic amines is 2. The van der Waals surface area contributed by atoms with E-state index >= 15 is 4.39 Å². The zero-order valence-electron chi connectivity index (χ0n) is 19.4. The molecule has 1 unspecified atom stereocenters. The van der Waals surface area contributed by atoms with Crippen LogP contribution in [0.25, 0.3) is 5.82 Å². The SMILES string of the molecule is COc1cc(F)c(C(Nc2ccc(C(=N)N)cc2)c2nn(-c3[nH]ncc3OC(=O)O)c(=O)[nH]2)cc1OC. The van der Waals surface area contributed by atoms with Crippen LogP contribution in [-0.2, 0) is 0 Å². The van der Waals surface area contributed by atoms with E-state index in [1.807, 2.05) is 0 Å². The van der Waals surface area contributed by atoms with E-state index in [4.69, 9.17) is 25.7 Å². The molecule has 0 aliphatic carbocycles. The van der Waals surface area contributed by atoms with Crippen LogP contribution in [0.1, 0.15) is 23.0 Å². The van der Waals surface area contributed by atoms with Crippen molar-refractivity contribution < 1.29 is 28.5 Å². The number of methoxy groups -OCH3 is 2. The molecule has 4 rings (SSSR count). The maximum atomic E-state index is 15.3. The zero-order valence-corrected chi connectivity index (χ0v) is 19.4. The highest BCUT2D eigenvalue weighted by Gasteiger charge is 2.26. The van der Waals surface area contributed by atoms with E-state index in [1.54, 1.807) is 24.3 Å². The first-order chi connectivity index (χ1) is 17.7. The second-order valence-corrected chi connectivity index (χ2v) is 7.48. The van der Waals surface area contributed by atoms with Gasteiger partial charge in [-0.25, -0.2) is 14.0 Å². The van der Waals surface area contributed by atoms with Crippen LogP contribution in [0.5, 0.6) is 17.2 Å². The van der Waals surface area contributed by atoms with Gasteiger partial charge in [0.15, 0.2) is 28.9 Å². The highest BCUT2D eigenvalue weighted by Crippen LogP contribution is 2.35. The molecule has 0 amide bonds. The molecule has 2 aromatic heterocycles. The Hall–Kier alpha value is -5.34. The number of nitrogens with one attached hydrogen (secondary N) is 4. The van der Waals surface area contributed by atoms with E-state index in [0.717, 1.165) is 16.9 Å². The van der Waals surface area contributed by atoms with Crippen LogP contribution in [0.2, 0.25) is 0 Å². The number of nitrogens with two attached hydrogens (primary N) is 1. The van der Waals surface area contributed by atoms with Crippen LogP contribution < -0.4 is 31.0 Å². The Morgan fingerprint density at radius 3 is 2.49 bits per heavy atom. The van der Waals surface area contributed by atoms with Crippen molar-refractivity contribution >= 4 is 17.7 Å². The normalized spacial score (nSPS) is 11.5. The number of ether oxygens (including phenoxy) is 3. The van der Waals surface area contributed by atoms with Gasteiger partial charge in [-0.2, -0.15) is 9.78 Å². The third kappa shape index (κ3) is 5.04. The lowest BCUT2D eigenvalue weighted by atomic mass is 10.0. The minimum Gasteiger partial charge on any atom is -0.493 e. The Kier molecular flexibility index (Phi) is 6.77. The van der Waals surface area contributed by atoms with E-state index in [2.05, 4.69) is 30.3 Å². The molecule has 4 aromatic rings. The first-order valence-electron chi connectivity index (χ1n) is 10.5. The van der Waals surface area contributed by atoms with Crippen LogP contribution in [-0.4, -0.2) is 56.3 Å². The number of halogens is 1. The van der Waals surface area contributed by atoms with E-state index in [-0.39, 0.29) is 40.3 Å². The molecule has 0 spiro atoms. The van der Waals surface area contributed by atoms with Crippen LogP contribution >= 0.6 is 0 Å². The Morgan fingerprint density at radius 1 is 1.19 bits per heavy atom. The number of anilines is 1. The fourth-order valence-corrected chi connectivity index (χ4v) is 3.51. The number of nitrogen functional groups attached to an aromatic ring is 1. The molecular weight excluding hydrogens is 491 g/mol. The van der Waals surface area contributed by atoms with Crippen LogP contribution in [0.3, 0.4) is 0 Å². The van der Waals surface area contributed by atoms with Gasteiger partial charge < -0.3 is 30.4 Å². The number of aromatic nitrogens is 5. The van der Waals surface area contributed by atoms with Gasteiger partial charge in [0.05, 0.1) is 20.4 Å². The lowest BCUT2D eigenvalue weighted by molar-refractivity contribution is 0.144. The number of amidine groups is 1. The van der Waals surface area contributed by atoms with Crippen molar-refractivity contribution in [3.63, 3.8) is 0 Å². The first-order valence-corrected chi connectivity index (χ1v) is 10.5. The van der Waals surface area contributed by atoms with Crippen molar-refractivity contribution in [2.24, 2.45) is 5.73 Å². The monoisotopic (exact) mass is 512 g/mol. The standard InChI is InChI=1S/C22H21FN8O6/c1-35-14-7-12(13(23)8-15(14)36-2)17(27-11-5-3-10(4-6-11)18(24)25)19-28-21(32)31(30-19)20-16(9-26-29-20)37-22(33)34/h3-9,17,27H,1-2H3,(H3,24,25)(H,26,29)(H,33,34)(H,28,30,32). The third-order valence-electron chi connectivity index (χ3n) is 5.22. The molecule has 1 atom stereocenters. The summed E-state index contributed by atoms with van der Waals surface area (Å²) in [5.41, 5.74) is 5.73. The summed E-state index contributed by atoms with van der Waals surface area (Å²) in [7, 11) is 2.75. The molecule has 15 heteroatoms. The van der Waals surface area contributed by atoms with E-state index in [1.165, 1.54) is 20.3 Å². The third-order valence-corrected chi connectivity index (χ3v) is 5.22. The maximum absolute atomic E-state index is 15.3. The maximum Gasteiger partial charge on any atom is 0.511 e. The van der Waals surface area contributed by atoms with Gasteiger partial charge in [0.2, 0.25) is 0 Å². The number of carbonyl (C=O) groups is 1. The van der Waals surface area contributed by atoms with Crippen LogP contribution in [0.15, 0.2) is 47.4 Å². The molecule has 0 saturated carbocycles. The number of hydrogen-bond acceptors (Lipinski definition) is 9. The molecular formula is C22H21FN8O6. The second kappa shape index (κ2) is 10.1. The largest absolute Gasteiger partial charge is 0.511 e. The number of carboxylic acid groups (broad SMARTS) is 1. The Labute approximate surface area is 207 Å². The van der Waals surface area contributed by atoms with Crippen molar-refractivity contribution in [2.75, 3.05) is 19.5 Å². The summed E-state index contributed by atoms with van der Waals surface area (Å²) < 4.78 is 31.2. The van der Waals surface area contributed by atoms with Gasteiger partial charge in [0, 0.05) is 22.9 Å². The molecule has 0 saturated heterocycles. The topological polar surface area (TPSA) is 206 Å². The van der Waals surface area contributed by atoms with Crippen molar-refractivity contribution in [2.45, 2.75) is 6.04 Å². The average Bonchev–Trinajstić information content (AvgIpc) is 3.48. The summed E-state index contributed by atoms with van der Waals surface area (Å²) in [4.78, 5) is 26.3. The summed E-state index contributed by atoms with van der Waals surface area (Å²) in [5, 5.41) is 30.0. The van der Waals surface area contributed by atoms with Gasteiger partial charge in [-0.15, -0.1) is 5.10 Å². The fraction of sp³-hybridized carbons (Fsp3) is 0.136. The summed E-state index contributed by atoms with van der Waals surface area (Å²) in [6.07, 6.45) is -0.558. The molecule has 0 radical (unpaired) electrons. The first kappa shape index (κ1) is 24.8. The lowest BCUT2D eigenvalue weighted by Crippen LogP contribution is -2.18. The number of rotatable bonds is 9. The molecule has 0 bridgehead atoms.